The largest absolute Gasteiger partial charge is 0.444 e. The summed E-state index contributed by atoms with van der Waals surface area (Å²) in [5.41, 5.74) is -0.928. The zero-order valence-electron chi connectivity index (χ0n) is 15.2. The van der Waals surface area contributed by atoms with Crippen LogP contribution in [-0.4, -0.2) is 60.5 Å². The summed E-state index contributed by atoms with van der Waals surface area (Å²) in [4.78, 5) is 24.9. The minimum atomic E-state index is -0.473. The molecule has 1 rings (SSSR count). The summed E-state index contributed by atoms with van der Waals surface area (Å²) in [5, 5.41) is 6.06. The third-order valence-corrected chi connectivity index (χ3v) is 2.99. The molecule has 0 saturated carbocycles. The monoisotopic (exact) mass is 329 g/mol. The van der Waals surface area contributed by atoms with Crippen LogP contribution in [0.15, 0.2) is 0 Å². The lowest BCUT2D eigenvalue weighted by atomic mass is 10.1. The second kappa shape index (κ2) is 7.86. The summed E-state index contributed by atoms with van der Waals surface area (Å²) >= 11 is 0. The first-order chi connectivity index (χ1) is 10.5. The number of alkyl carbamates (subject to hydrolysis) is 1. The Morgan fingerprint density at radius 3 is 2.09 bits per heavy atom. The summed E-state index contributed by atoms with van der Waals surface area (Å²) in [6, 6.07) is 0.295. The van der Waals surface area contributed by atoms with Crippen molar-refractivity contribution in [2.24, 2.45) is 0 Å². The molecule has 1 aliphatic rings. The van der Waals surface area contributed by atoms with E-state index in [2.05, 4.69) is 10.6 Å². The Balaban J connectivity index is 2.03. The number of amides is 2. The van der Waals surface area contributed by atoms with Gasteiger partial charge in [0.05, 0.1) is 0 Å². The van der Waals surface area contributed by atoms with E-state index in [1.54, 1.807) is 4.90 Å². The smallest absolute Gasteiger partial charge is 0.410 e. The van der Waals surface area contributed by atoms with Gasteiger partial charge in [-0.05, 0) is 54.5 Å². The second-order valence-corrected chi connectivity index (χ2v) is 7.82. The predicted molar refractivity (Wildman–Crippen MR) is 88.5 cm³/mol. The molecule has 1 saturated heterocycles. The maximum Gasteiger partial charge on any atom is 0.410 e. The lowest BCUT2D eigenvalue weighted by Gasteiger charge is -2.40. The highest BCUT2D eigenvalue weighted by molar-refractivity contribution is 5.69. The summed E-state index contributed by atoms with van der Waals surface area (Å²) in [6.07, 6.45) is 0.154. The topological polar surface area (TPSA) is 79.9 Å². The molecule has 0 radical (unpaired) electrons. The molecule has 1 aliphatic heterocycles. The number of carbonyl (C=O) groups excluding carboxylic acids is 2. The summed E-state index contributed by atoms with van der Waals surface area (Å²) in [7, 11) is 0. The quantitative estimate of drug-likeness (QED) is 0.755. The minimum Gasteiger partial charge on any atom is -0.444 e. The molecule has 0 aromatic heterocycles. The number of nitrogens with zero attached hydrogens (tertiary/aromatic N) is 1. The number of hydrogen-bond acceptors (Lipinski definition) is 5. The normalized spacial score (nSPS) is 15.8. The molecule has 0 aliphatic carbocycles. The van der Waals surface area contributed by atoms with Gasteiger partial charge in [0.1, 0.15) is 11.2 Å². The molecule has 0 atom stereocenters. The fourth-order valence-corrected chi connectivity index (χ4v) is 1.98. The Labute approximate surface area is 139 Å². The highest BCUT2D eigenvalue weighted by Gasteiger charge is 2.33. The molecule has 0 spiro atoms. The maximum absolute atomic E-state index is 11.8. The molecule has 0 aromatic carbocycles. The zero-order valence-corrected chi connectivity index (χ0v) is 15.2. The van der Waals surface area contributed by atoms with Crippen molar-refractivity contribution in [3.05, 3.63) is 0 Å². The van der Waals surface area contributed by atoms with Gasteiger partial charge in [-0.2, -0.15) is 0 Å². The van der Waals surface area contributed by atoms with Crippen molar-refractivity contribution in [2.75, 3.05) is 26.2 Å². The van der Waals surface area contributed by atoms with Crippen molar-refractivity contribution in [3.8, 4) is 0 Å². The predicted octanol–water partition coefficient (Wildman–Crippen LogP) is 2.11. The van der Waals surface area contributed by atoms with Crippen LogP contribution in [0, 0.1) is 0 Å². The Morgan fingerprint density at radius 1 is 1.00 bits per heavy atom. The van der Waals surface area contributed by atoms with Gasteiger partial charge in [0.2, 0.25) is 0 Å². The summed E-state index contributed by atoms with van der Waals surface area (Å²) in [6.45, 7) is 13.7. The number of likely N-dealkylation sites (tertiary alicyclic amines) is 1. The van der Waals surface area contributed by atoms with Gasteiger partial charge in [-0.15, -0.1) is 0 Å². The van der Waals surface area contributed by atoms with Crippen LogP contribution in [-0.2, 0) is 9.47 Å². The van der Waals surface area contributed by atoms with Crippen LogP contribution in [0.1, 0.15) is 48.0 Å². The van der Waals surface area contributed by atoms with Crippen LogP contribution in [0.2, 0.25) is 0 Å². The summed E-state index contributed by atoms with van der Waals surface area (Å²) < 4.78 is 10.4. The van der Waals surface area contributed by atoms with Gasteiger partial charge in [-0.25, -0.2) is 9.59 Å². The molecule has 1 fully saturated rings. The molecule has 7 heteroatoms. The molecule has 0 unspecified atom stereocenters. The highest BCUT2D eigenvalue weighted by Crippen LogP contribution is 2.15. The lowest BCUT2D eigenvalue weighted by Crippen LogP contribution is -2.60. The molecular formula is C16H31N3O4. The average Bonchev–Trinajstić information content (AvgIpc) is 2.25. The van der Waals surface area contributed by atoms with Crippen molar-refractivity contribution in [3.63, 3.8) is 0 Å². The van der Waals surface area contributed by atoms with Gasteiger partial charge in [-0.3, -0.25) is 0 Å². The van der Waals surface area contributed by atoms with Crippen molar-refractivity contribution < 1.29 is 19.1 Å². The van der Waals surface area contributed by atoms with E-state index >= 15 is 0 Å². The van der Waals surface area contributed by atoms with Gasteiger partial charge >= 0.3 is 12.2 Å². The molecule has 1 heterocycles. The SMILES string of the molecule is CC(C)(C)OC(=O)NCCCNC1CN(C(=O)OC(C)(C)C)C1. The summed E-state index contributed by atoms with van der Waals surface area (Å²) in [5.74, 6) is 0. The van der Waals surface area contributed by atoms with Crippen LogP contribution >= 0.6 is 0 Å². The Hall–Kier alpha value is -1.50. The highest BCUT2D eigenvalue weighted by atomic mass is 16.6. The molecule has 23 heavy (non-hydrogen) atoms. The van der Waals surface area contributed by atoms with E-state index in [4.69, 9.17) is 9.47 Å². The molecule has 0 bridgehead atoms. The van der Waals surface area contributed by atoms with E-state index in [1.165, 1.54) is 0 Å². The van der Waals surface area contributed by atoms with Gasteiger partial charge in [-0.1, -0.05) is 0 Å². The van der Waals surface area contributed by atoms with Gasteiger partial charge < -0.3 is 25.0 Å². The number of hydrogen-bond donors (Lipinski definition) is 2. The molecule has 134 valence electrons. The Bertz CT molecular complexity index is 407. The van der Waals surface area contributed by atoms with Crippen molar-refractivity contribution >= 4 is 12.2 Å². The van der Waals surface area contributed by atoms with Crippen molar-refractivity contribution in [1.82, 2.24) is 15.5 Å². The Morgan fingerprint density at radius 2 is 1.57 bits per heavy atom. The number of ether oxygens (including phenoxy) is 2. The number of carbonyl (C=O) groups is 2. The van der Waals surface area contributed by atoms with Crippen LogP contribution in [0.4, 0.5) is 9.59 Å². The zero-order chi connectivity index (χ0) is 17.7. The minimum absolute atomic E-state index is 0.262. The van der Waals surface area contributed by atoms with E-state index < -0.39 is 17.3 Å². The fourth-order valence-electron chi connectivity index (χ4n) is 1.98. The van der Waals surface area contributed by atoms with Crippen molar-refractivity contribution in [2.45, 2.75) is 65.2 Å². The maximum atomic E-state index is 11.8. The van der Waals surface area contributed by atoms with Gasteiger partial charge in [0.15, 0.2) is 0 Å². The third kappa shape index (κ3) is 8.64. The van der Waals surface area contributed by atoms with E-state index in [0.29, 0.717) is 25.7 Å². The first-order valence-corrected chi connectivity index (χ1v) is 8.14. The van der Waals surface area contributed by atoms with Gasteiger partial charge in [0.25, 0.3) is 0 Å². The lowest BCUT2D eigenvalue weighted by molar-refractivity contribution is 0.00530. The molecule has 0 aromatic rings. The van der Waals surface area contributed by atoms with Crippen molar-refractivity contribution in [1.29, 1.82) is 0 Å². The average molecular weight is 329 g/mol. The van der Waals surface area contributed by atoms with E-state index in [1.807, 2.05) is 41.5 Å². The number of rotatable bonds is 5. The molecule has 2 amide bonds. The number of nitrogens with one attached hydrogen (secondary N) is 2. The van der Waals surface area contributed by atoms with E-state index in [0.717, 1.165) is 13.0 Å². The fraction of sp³-hybridized carbons (Fsp3) is 0.875. The van der Waals surface area contributed by atoms with Crippen LogP contribution < -0.4 is 10.6 Å². The molecular weight excluding hydrogens is 298 g/mol. The van der Waals surface area contributed by atoms with E-state index in [9.17, 15) is 9.59 Å². The van der Waals surface area contributed by atoms with Crippen LogP contribution in [0.3, 0.4) is 0 Å². The van der Waals surface area contributed by atoms with Crippen LogP contribution in [0.25, 0.3) is 0 Å². The van der Waals surface area contributed by atoms with Gasteiger partial charge in [0, 0.05) is 25.7 Å². The molecule has 7 nitrogen and oxygen atoms in total. The second-order valence-electron chi connectivity index (χ2n) is 7.82. The molecule has 2 N–H and O–H groups in total. The van der Waals surface area contributed by atoms with Crippen LogP contribution in [0.5, 0.6) is 0 Å². The Kier molecular flexibility index (Phi) is 6.68. The first-order valence-electron chi connectivity index (χ1n) is 8.14. The third-order valence-electron chi connectivity index (χ3n) is 2.99. The standard InChI is InChI=1S/C16H31N3O4/c1-15(2,3)22-13(20)18-9-7-8-17-12-10-19(11-12)14(21)23-16(4,5)6/h12,17H,7-11H2,1-6H3,(H,18,20). The first kappa shape index (κ1) is 19.5. The van der Waals surface area contributed by atoms with E-state index in [-0.39, 0.29) is 6.09 Å².